The van der Waals surface area contributed by atoms with E-state index < -0.39 is 0 Å². The maximum absolute atomic E-state index is 4.90. The van der Waals surface area contributed by atoms with Gasteiger partial charge in [0.05, 0.1) is 5.69 Å². The molecule has 0 bridgehead atoms. The maximum atomic E-state index is 4.90. The van der Waals surface area contributed by atoms with Crippen molar-refractivity contribution in [3.63, 3.8) is 0 Å². The molecule has 0 radical (unpaired) electrons. The Bertz CT molecular complexity index is 783. The van der Waals surface area contributed by atoms with E-state index in [4.69, 9.17) is 4.98 Å². The van der Waals surface area contributed by atoms with Crippen molar-refractivity contribution in [2.24, 2.45) is 0 Å². The topological polar surface area (TPSA) is 25.8 Å². The number of thiazole rings is 1. The predicted octanol–water partition coefficient (Wildman–Crippen LogP) is 5.48. The van der Waals surface area contributed by atoms with Crippen molar-refractivity contribution < 1.29 is 0 Å². The van der Waals surface area contributed by atoms with Crippen molar-refractivity contribution in [3.05, 3.63) is 59.2 Å². The molecule has 0 N–H and O–H groups in total. The SMILES string of the molecule is Cc1sc(-c2cnccc2C(C)(C)C)nc1-c1ccccc1. The number of nitrogens with zero attached hydrogens (tertiary/aromatic N) is 2. The lowest BCUT2D eigenvalue weighted by molar-refractivity contribution is 0.591. The third-order valence-corrected chi connectivity index (χ3v) is 4.71. The molecule has 112 valence electrons. The highest BCUT2D eigenvalue weighted by Gasteiger charge is 2.21. The third-order valence-electron chi connectivity index (χ3n) is 3.70. The van der Waals surface area contributed by atoms with Gasteiger partial charge in [0.25, 0.3) is 0 Å². The molecular weight excluding hydrogens is 288 g/mol. The summed E-state index contributed by atoms with van der Waals surface area (Å²) in [6.45, 7) is 8.82. The van der Waals surface area contributed by atoms with Gasteiger partial charge in [-0.2, -0.15) is 0 Å². The van der Waals surface area contributed by atoms with E-state index in [1.54, 1.807) is 11.3 Å². The normalized spacial score (nSPS) is 11.6. The van der Waals surface area contributed by atoms with Crippen LogP contribution in [0.3, 0.4) is 0 Å². The number of rotatable bonds is 2. The van der Waals surface area contributed by atoms with Gasteiger partial charge in [-0.25, -0.2) is 4.98 Å². The summed E-state index contributed by atoms with van der Waals surface area (Å²) in [4.78, 5) is 10.5. The van der Waals surface area contributed by atoms with Crippen LogP contribution in [0, 0.1) is 6.92 Å². The molecular formula is C19H20N2S. The Labute approximate surface area is 135 Å². The van der Waals surface area contributed by atoms with E-state index in [-0.39, 0.29) is 5.41 Å². The predicted molar refractivity (Wildman–Crippen MR) is 94.2 cm³/mol. The zero-order valence-corrected chi connectivity index (χ0v) is 14.2. The lowest BCUT2D eigenvalue weighted by Crippen LogP contribution is -2.12. The van der Waals surface area contributed by atoms with Gasteiger partial charge in [0.1, 0.15) is 5.01 Å². The van der Waals surface area contributed by atoms with Gasteiger partial charge in [-0.15, -0.1) is 11.3 Å². The molecule has 2 aromatic heterocycles. The average molecular weight is 308 g/mol. The van der Waals surface area contributed by atoms with Gasteiger partial charge in [-0.3, -0.25) is 4.98 Å². The first-order valence-electron chi connectivity index (χ1n) is 7.44. The molecule has 0 aliphatic carbocycles. The van der Waals surface area contributed by atoms with E-state index in [2.05, 4.69) is 63.0 Å². The maximum Gasteiger partial charge on any atom is 0.126 e. The molecule has 22 heavy (non-hydrogen) atoms. The third kappa shape index (κ3) is 2.81. The number of hydrogen-bond acceptors (Lipinski definition) is 3. The second-order valence-corrected chi connectivity index (χ2v) is 7.66. The molecule has 0 spiro atoms. The summed E-state index contributed by atoms with van der Waals surface area (Å²) in [6, 6.07) is 12.5. The summed E-state index contributed by atoms with van der Waals surface area (Å²) >= 11 is 1.74. The van der Waals surface area contributed by atoms with Crippen molar-refractivity contribution in [2.45, 2.75) is 33.1 Å². The first kappa shape index (κ1) is 14.9. The molecule has 0 atom stereocenters. The fourth-order valence-electron chi connectivity index (χ4n) is 2.59. The summed E-state index contributed by atoms with van der Waals surface area (Å²) in [5.41, 5.74) is 4.75. The number of aryl methyl sites for hydroxylation is 1. The fraction of sp³-hybridized carbons (Fsp3) is 0.263. The molecule has 3 heteroatoms. The highest BCUT2D eigenvalue weighted by molar-refractivity contribution is 7.15. The van der Waals surface area contributed by atoms with Gasteiger partial charge in [0, 0.05) is 28.4 Å². The summed E-state index contributed by atoms with van der Waals surface area (Å²) in [7, 11) is 0. The van der Waals surface area contributed by atoms with E-state index in [9.17, 15) is 0 Å². The minimum atomic E-state index is 0.0742. The molecule has 0 saturated carbocycles. The lowest BCUT2D eigenvalue weighted by Gasteiger charge is -2.21. The Morgan fingerprint density at radius 1 is 1.00 bits per heavy atom. The van der Waals surface area contributed by atoms with E-state index in [1.807, 2.05) is 18.5 Å². The minimum absolute atomic E-state index is 0.0742. The molecule has 2 heterocycles. The smallest absolute Gasteiger partial charge is 0.126 e. The monoisotopic (exact) mass is 308 g/mol. The number of benzene rings is 1. The van der Waals surface area contributed by atoms with Crippen LogP contribution in [0.1, 0.15) is 31.2 Å². The van der Waals surface area contributed by atoms with Crippen LogP contribution in [-0.4, -0.2) is 9.97 Å². The zero-order valence-electron chi connectivity index (χ0n) is 13.4. The molecule has 3 rings (SSSR count). The Morgan fingerprint density at radius 3 is 2.41 bits per heavy atom. The molecule has 0 unspecified atom stereocenters. The Morgan fingerprint density at radius 2 is 1.73 bits per heavy atom. The van der Waals surface area contributed by atoms with Gasteiger partial charge < -0.3 is 0 Å². The Hall–Kier alpha value is -2.00. The standard InChI is InChI=1S/C19H20N2S/c1-13-17(14-8-6-5-7-9-14)21-18(22-13)15-12-20-11-10-16(15)19(2,3)4/h5-12H,1-4H3. The fourth-order valence-corrected chi connectivity index (χ4v) is 3.55. The second kappa shape index (κ2) is 5.65. The average Bonchev–Trinajstić information content (AvgIpc) is 2.89. The van der Waals surface area contributed by atoms with Gasteiger partial charge >= 0.3 is 0 Å². The highest BCUT2D eigenvalue weighted by Crippen LogP contribution is 2.37. The minimum Gasteiger partial charge on any atom is -0.264 e. The van der Waals surface area contributed by atoms with Crippen LogP contribution in [0.4, 0.5) is 0 Å². The van der Waals surface area contributed by atoms with Gasteiger partial charge in [-0.05, 0) is 24.0 Å². The zero-order chi connectivity index (χ0) is 15.7. The van der Waals surface area contributed by atoms with Gasteiger partial charge in [0.15, 0.2) is 0 Å². The van der Waals surface area contributed by atoms with E-state index >= 15 is 0 Å². The first-order valence-corrected chi connectivity index (χ1v) is 8.26. The molecule has 3 aromatic rings. The molecule has 0 aliphatic heterocycles. The summed E-state index contributed by atoms with van der Waals surface area (Å²) in [6.07, 6.45) is 3.80. The van der Waals surface area contributed by atoms with Crippen molar-refractivity contribution in [1.82, 2.24) is 9.97 Å². The molecule has 0 saturated heterocycles. The van der Waals surface area contributed by atoms with E-state index in [0.717, 1.165) is 16.3 Å². The van der Waals surface area contributed by atoms with E-state index in [1.165, 1.54) is 16.0 Å². The molecule has 2 nitrogen and oxygen atoms in total. The Kier molecular flexibility index (Phi) is 3.83. The summed E-state index contributed by atoms with van der Waals surface area (Å²) < 4.78 is 0. The second-order valence-electron chi connectivity index (χ2n) is 6.46. The van der Waals surface area contributed by atoms with Crippen LogP contribution >= 0.6 is 11.3 Å². The van der Waals surface area contributed by atoms with Crippen molar-refractivity contribution in [3.8, 4) is 21.8 Å². The molecule has 0 aliphatic rings. The highest BCUT2D eigenvalue weighted by atomic mass is 32.1. The van der Waals surface area contributed by atoms with Crippen LogP contribution < -0.4 is 0 Å². The lowest BCUT2D eigenvalue weighted by atomic mass is 9.85. The number of aromatic nitrogens is 2. The number of hydrogen-bond donors (Lipinski definition) is 0. The molecule has 1 aromatic carbocycles. The van der Waals surface area contributed by atoms with Crippen molar-refractivity contribution in [1.29, 1.82) is 0 Å². The van der Waals surface area contributed by atoms with Crippen LogP contribution in [0.25, 0.3) is 21.8 Å². The van der Waals surface area contributed by atoms with Gasteiger partial charge in [0.2, 0.25) is 0 Å². The number of pyridine rings is 1. The van der Waals surface area contributed by atoms with Gasteiger partial charge in [-0.1, -0.05) is 51.1 Å². The summed E-state index contributed by atoms with van der Waals surface area (Å²) in [5, 5.41) is 1.05. The molecule has 0 amide bonds. The quantitative estimate of drug-likeness (QED) is 0.626. The van der Waals surface area contributed by atoms with Crippen LogP contribution in [0.2, 0.25) is 0 Å². The van der Waals surface area contributed by atoms with Crippen LogP contribution in [0.15, 0.2) is 48.8 Å². The van der Waals surface area contributed by atoms with E-state index in [0.29, 0.717) is 0 Å². The van der Waals surface area contributed by atoms with Crippen molar-refractivity contribution in [2.75, 3.05) is 0 Å². The first-order chi connectivity index (χ1) is 10.5. The largest absolute Gasteiger partial charge is 0.264 e. The van der Waals surface area contributed by atoms with Crippen LogP contribution in [-0.2, 0) is 5.41 Å². The van der Waals surface area contributed by atoms with Crippen LogP contribution in [0.5, 0.6) is 0 Å². The Balaban J connectivity index is 2.12. The molecule has 0 fully saturated rings. The van der Waals surface area contributed by atoms with Crippen molar-refractivity contribution >= 4 is 11.3 Å². The summed E-state index contributed by atoms with van der Waals surface area (Å²) in [5.74, 6) is 0.